The Labute approximate surface area is 197 Å². The molecule has 0 amide bonds. The standard InChI is InChI=1S/C25H23N5O3S/c1-15-13-16(2)22(17(3)14-15)34(31,32)25-24-27-23(26-19-10-6-8-12-21(19)33-4)18-9-5-7-11-20(18)30(24)29-28-25/h5-14H,1-4H3,(H,26,27). The van der Waals surface area contributed by atoms with Crippen molar-refractivity contribution < 1.29 is 13.2 Å². The van der Waals surface area contributed by atoms with E-state index < -0.39 is 9.84 Å². The van der Waals surface area contributed by atoms with Crippen molar-refractivity contribution in [3.8, 4) is 5.75 Å². The summed E-state index contributed by atoms with van der Waals surface area (Å²) in [6.45, 7) is 5.51. The minimum atomic E-state index is -3.98. The molecule has 3 aromatic carbocycles. The highest BCUT2D eigenvalue weighted by Gasteiger charge is 2.30. The third kappa shape index (κ3) is 3.45. The van der Waals surface area contributed by atoms with Crippen LogP contribution in [0.2, 0.25) is 0 Å². The van der Waals surface area contributed by atoms with E-state index in [1.165, 1.54) is 4.52 Å². The van der Waals surface area contributed by atoms with Crippen molar-refractivity contribution in [3.63, 3.8) is 0 Å². The number of sulfone groups is 1. The summed E-state index contributed by atoms with van der Waals surface area (Å²) in [6, 6.07) is 18.6. The van der Waals surface area contributed by atoms with Gasteiger partial charge in [0.1, 0.15) is 11.6 Å². The Morgan fingerprint density at radius 3 is 2.35 bits per heavy atom. The predicted octanol–water partition coefficient (Wildman–Crippen LogP) is 4.79. The number of nitrogens with zero attached hydrogens (tertiary/aromatic N) is 4. The molecule has 0 aliphatic heterocycles. The van der Waals surface area contributed by atoms with Gasteiger partial charge in [-0.05, 0) is 56.2 Å². The molecule has 8 nitrogen and oxygen atoms in total. The van der Waals surface area contributed by atoms with Crippen LogP contribution in [0.3, 0.4) is 0 Å². The van der Waals surface area contributed by atoms with Gasteiger partial charge < -0.3 is 10.1 Å². The van der Waals surface area contributed by atoms with E-state index in [2.05, 4.69) is 15.6 Å². The zero-order valence-electron chi connectivity index (χ0n) is 19.2. The van der Waals surface area contributed by atoms with E-state index in [0.717, 1.165) is 10.9 Å². The molecule has 1 N–H and O–H groups in total. The fourth-order valence-corrected chi connectivity index (χ4v) is 6.05. The molecule has 0 unspecified atom stereocenters. The largest absolute Gasteiger partial charge is 0.495 e. The highest BCUT2D eigenvalue weighted by molar-refractivity contribution is 7.91. The number of ether oxygens (including phenoxy) is 1. The smallest absolute Gasteiger partial charge is 0.230 e. The maximum Gasteiger partial charge on any atom is 0.230 e. The van der Waals surface area contributed by atoms with Crippen molar-refractivity contribution in [3.05, 3.63) is 77.4 Å². The van der Waals surface area contributed by atoms with Gasteiger partial charge in [0, 0.05) is 5.39 Å². The number of aromatic nitrogens is 4. The zero-order chi connectivity index (χ0) is 24.0. The fraction of sp³-hybridized carbons (Fsp3) is 0.160. The summed E-state index contributed by atoms with van der Waals surface area (Å²) in [5.74, 6) is 1.11. The van der Waals surface area contributed by atoms with Gasteiger partial charge >= 0.3 is 0 Å². The Balaban J connectivity index is 1.77. The Bertz CT molecular complexity index is 1650. The van der Waals surface area contributed by atoms with Gasteiger partial charge in [0.2, 0.25) is 14.9 Å². The van der Waals surface area contributed by atoms with Crippen molar-refractivity contribution in [2.75, 3.05) is 12.4 Å². The minimum Gasteiger partial charge on any atom is -0.495 e. The number of anilines is 2. The summed E-state index contributed by atoms with van der Waals surface area (Å²) < 4.78 is 34.5. The van der Waals surface area contributed by atoms with Crippen molar-refractivity contribution in [2.45, 2.75) is 30.7 Å². The van der Waals surface area contributed by atoms with Gasteiger partial charge in [-0.3, -0.25) is 0 Å². The maximum atomic E-state index is 13.8. The van der Waals surface area contributed by atoms with Crippen LogP contribution in [0.5, 0.6) is 5.75 Å². The summed E-state index contributed by atoms with van der Waals surface area (Å²) in [7, 11) is -2.39. The summed E-state index contributed by atoms with van der Waals surface area (Å²) in [5, 5.41) is 12.1. The normalized spacial score (nSPS) is 11.8. The molecule has 2 heterocycles. The second-order valence-corrected chi connectivity index (χ2v) is 9.97. The zero-order valence-corrected chi connectivity index (χ0v) is 20.0. The van der Waals surface area contributed by atoms with Crippen molar-refractivity contribution in [1.29, 1.82) is 0 Å². The van der Waals surface area contributed by atoms with E-state index in [9.17, 15) is 8.42 Å². The molecule has 0 atom stereocenters. The first-order chi connectivity index (χ1) is 16.3. The molecule has 0 aliphatic rings. The van der Waals surface area contributed by atoms with Crippen molar-refractivity contribution >= 4 is 37.9 Å². The van der Waals surface area contributed by atoms with E-state index in [1.807, 2.05) is 67.6 Å². The highest BCUT2D eigenvalue weighted by atomic mass is 32.2. The molecule has 34 heavy (non-hydrogen) atoms. The average molecular weight is 474 g/mol. The average Bonchev–Trinajstić information content (AvgIpc) is 3.24. The summed E-state index contributed by atoms with van der Waals surface area (Å²) in [6.07, 6.45) is 0. The van der Waals surface area contributed by atoms with Gasteiger partial charge in [0.15, 0.2) is 5.65 Å². The van der Waals surface area contributed by atoms with Crippen LogP contribution in [0.4, 0.5) is 11.5 Å². The Morgan fingerprint density at radius 2 is 1.62 bits per heavy atom. The molecule has 9 heteroatoms. The topological polar surface area (TPSA) is 98.5 Å². The molecule has 0 radical (unpaired) electrons. The van der Waals surface area contributed by atoms with E-state index in [-0.39, 0.29) is 15.6 Å². The second-order valence-electron chi connectivity index (χ2n) is 8.16. The van der Waals surface area contributed by atoms with Gasteiger partial charge in [-0.1, -0.05) is 47.2 Å². The predicted molar refractivity (Wildman–Crippen MR) is 131 cm³/mol. The number of nitrogens with one attached hydrogen (secondary N) is 1. The lowest BCUT2D eigenvalue weighted by atomic mass is 10.1. The Kier molecular flexibility index (Phi) is 5.21. The van der Waals surface area contributed by atoms with Crippen LogP contribution in [0.25, 0.3) is 16.6 Å². The second kappa shape index (κ2) is 8.11. The third-order valence-electron chi connectivity index (χ3n) is 5.71. The van der Waals surface area contributed by atoms with Crippen LogP contribution in [0.1, 0.15) is 16.7 Å². The lowest BCUT2D eigenvalue weighted by Crippen LogP contribution is -2.09. The summed E-state index contributed by atoms with van der Waals surface area (Å²) >= 11 is 0. The summed E-state index contributed by atoms with van der Waals surface area (Å²) in [5.41, 5.74) is 3.84. The van der Waals surface area contributed by atoms with Crippen molar-refractivity contribution in [2.24, 2.45) is 0 Å². The highest BCUT2D eigenvalue weighted by Crippen LogP contribution is 2.33. The first kappa shape index (κ1) is 21.8. The third-order valence-corrected chi connectivity index (χ3v) is 7.66. The molecule has 0 spiro atoms. The molecule has 0 saturated carbocycles. The minimum absolute atomic E-state index is 0.149. The van der Waals surface area contributed by atoms with Gasteiger partial charge in [0.25, 0.3) is 0 Å². The molecule has 5 rings (SSSR count). The quantitative estimate of drug-likeness (QED) is 0.392. The van der Waals surface area contributed by atoms with Gasteiger partial charge in [-0.2, -0.15) is 4.52 Å². The lowest BCUT2D eigenvalue weighted by Gasteiger charge is -2.13. The van der Waals surface area contributed by atoms with Crippen LogP contribution in [0, 0.1) is 20.8 Å². The number of para-hydroxylation sites is 3. The maximum absolute atomic E-state index is 13.8. The first-order valence-electron chi connectivity index (χ1n) is 10.7. The van der Waals surface area contributed by atoms with E-state index in [0.29, 0.717) is 33.9 Å². The number of aryl methyl sites for hydroxylation is 3. The number of methoxy groups -OCH3 is 1. The number of benzene rings is 3. The van der Waals surface area contributed by atoms with Crippen LogP contribution in [-0.4, -0.2) is 35.3 Å². The number of hydrogen-bond acceptors (Lipinski definition) is 7. The molecular weight excluding hydrogens is 450 g/mol. The van der Waals surface area contributed by atoms with Crippen LogP contribution in [-0.2, 0) is 9.84 Å². The SMILES string of the molecule is COc1ccccc1Nc1nc2c(S(=O)(=O)c3c(C)cc(C)cc3C)nnn2c2ccccc12. The van der Waals surface area contributed by atoms with E-state index in [1.54, 1.807) is 21.0 Å². The van der Waals surface area contributed by atoms with Crippen LogP contribution in [0.15, 0.2) is 70.6 Å². The Morgan fingerprint density at radius 1 is 0.941 bits per heavy atom. The lowest BCUT2D eigenvalue weighted by molar-refractivity contribution is 0.417. The summed E-state index contributed by atoms with van der Waals surface area (Å²) in [4.78, 5) is 4.93. The molecule has 172 valence electrons. The van der Waals surface area contributed by atoms with Gasteiger partial charge in [0.05, 0.1) is 23.2 Å². The fourth-order valence-electron chi connectivity index (χ4n) is 4.38. The molecule has 0 aliphatic carbocycles. The van der Waals surface area contributed by atoms with Gasteiger partial charge in [-0.15, -0.1) is 5.10 Å². The molecule has 0 saturated heterocycles. The van der Waals surface area contributed by atoms with E-state index in [4.69, 9.17) is 9.72 Å². The Hall–Kier alpha value is -3.98. The number of fused-ring (bicyclic) bond motifs is 3. The molecule has 5 aromatic rings. The van der Waals surface area contributed by atoms with Gasteiger partial charge in [-0.25, -0.2) is 13.4 Å². The number of hydrogen-bond donors (Lipinski definition) is 1. The first-order valence-corrected chi connectivity index (χ1v) is 12.2. The van der Waals surface area contributed by atoms with E-state index >= 15 is 0 Å². The monoisotopic (exact) mass is 473 g/mol. The number of rotatable bonds is 5. The molecule has 0 fully saturated rings. The van der Waals surface area contributed by atoms with Crippen LogP contribution < -0.4 is 10.1 Å². The molecule has 2 aromatic heterocycles. The molecule has 0 bridgehead atoms. The molecular formula is C25H23N5O3S. The van der Waals surface area contributed by atoms with Crippen LogP contribution >= 0.6 is 0 Å². The van der Waals surface area contributed by atoms with Crippen molar-refractivity contribution in [1.82, 2.24) is 19.8 Å².